The summed E-state index contributed by atoms with van der Waals surface area (Å²) in [5, 5.41) is 2.80. The molecule has 1 aromatic rings. The van der Waals surface area contributed by atoms with E-state index < -0.39 is 0 Å². The molecule has 0 aliphatic rings. The van der Waals surface area contributed by atoms with Crippen molar-refractivity contribution in [3.05, 3.63) is 21.4 Å². The molecular weight excluding hydrogens is 260 g/mol. The summed E-state index contributed by atoms with van der Waals surface area (Å²) in [6.07, 6.45) is 0.918. The Balaban J connectivity index is 2.48. The molecule has 4 nitrogen and oxygen atoms in total. The van der Waals surface area contributed by atoms with Crippen LogP contribution in [0.2, 0.25) is 0 Å². The molecule has 0 aliphatic heterocycles. The fraction of sp³-hybridized carbons (Fsp3) is 0.571. The number of Topliss-reactive ketones (excluding diaryl/α,β-unsaturated/α-hetero) is 1. The second kappa shape index (κ2) is 7.40. The molecule has 1 N–H and O–H groups in total. The SMILES string of the molecule is CCCNC(=O)CN(C)CC(=O)c1cc(C)sc1C. The van der Waals surface area contributed by atoms with Crippen molar-refractivity contribution in [2.24, 2.45) is 0 Å². The minimum Gasteiger partial charge on any atom is -0.355 e. The van der Waals surface area contributed by atoms with Crippen molar-refractivity contribution in [2.75, 3.05) is 26.7 Å². The molecule has 1 heterocycles. The maximum Gasteiger partial charge on any atom is 0.234 e. The first-order valence-electron chi connectivity index (χ1n) is 6.49. The zero-order chi connectivity index (χ0) is 14.4. The third-order valence-corrected chi connectivity index (χ3v) is 3.71. The van der Waals surface area contributed by atoms with Gasteiger partial charge in [0.15, 0.2) is 5.78 Å². The number of nitrogens with one attached hydrogen (secondary N) is 1. The molecule has 0 aliphatic carbocycles. The Morgan fingerprint density at radius 2 is 2.00 bits per heavy atom. The molecule has 0 saturated heterocycles. The third-order valence-electron chi connectivity index (χ3n) is 2.74. The summed E-state index contributed by atoms with van der Waals surface area (Å²) in [7, 11) is 1.79. The van der Waals surface area contributed by atoms with E-state index in [-0.39, 0.29) is 24.8 Å². The van der Waals surface area contributed by atoms with Gasteiger partial charge in [0.05, 0.1) is 13.1 Å². The molecule has 0 bridgehead atoms. The van der Waals surface area contributed by atoms with Crippen LogP contribution in [0, 0.1) is 13.8 Å². The van der Waals surface area contributed by atoms with E-state index in [0.717, 1.165) is 21.7 Å². The molecule has 1 amide bonds. The summed E-state index contributed by atoms with van der Waals surface area (Å²) in [6.45, 7) is 7.18. The minimum absolute atomic E-state index is 0.0321. The molecule has 0 atom stereocenters. The molecule has 0 aromatic carbocycles. The average molecular weight is 282 g/mol. The zero-order valence-electron chi connectivity index (χ0n) is 12.1. The highest BCUT2D eigenvalue weighted by atomic mass is 32.1. The van der Waals surface area contributed by atoms with Gasteiger partial charge >= 0.3 is 0 Å². The van der Waals surface area contributed by atoms with Gasteiger partial charge in [0.1, 0.15) is 0 Å². The van der Waals surface area contributed by atoms with Gasteiger partial charge in [0.2, 0.25) is 5.91 Å². The van der Waals surface area contributed by atoms with Crippen LogP contribution in [0.3, 0.4) is 0 Å². The number of nitrogens with zero attached hydrogens (tertiary/aromatic N) is 1. The van der Waals surface area contributed by atoms with E-state index in [1.807, 2.05) is 26.8 Å². The molecule has 5 heteroatoms. The fourth-order valence-electron chi connectivity index (χ4n) is 1.86. The molecule has 0 fully saturated rings. The average Bonchev–Trinajstić information content (AvgIpc) is 2.65. The van der Waals surface area contributed by atoms with Crippen molar-refractivity contribution in [2.45, 2.75) is 27.2 Å². The van der Waals surface area contributed by atoms with E-state index in [1.54, 1.807) is 23.3 Å². The largest absolute Gasteiger partial charge is 0.355 e. The molecule has 106 valence electrons. The van der Waals surface area contributed by atoms with Crippen LogP contribution < -0.4 is 5.32 Å². The molecule has 0 spiro atoms. The summed E-state index contributed by atoms with van der Waals surface area (Å²) in [5.41, 5.74) is 0.781. The van der Waals surface area contributed by atoms with Gasteiger partial charge in [-0.15, -0.1) is 11.3 Å². The van der Waals surface area contributed by atoms with Crippen LogP contribution in [0.4, 0.5) is 0 Å². The molecule has 1 rings (SSSR count). The summed E-state index contributed by atoms with van der Waals surface area (Å²) in [4.78, 5) is 27.6. The Morgan fingerprint density at radius 3 is 2.53 bits per heavy atom. The van der Waals surface area contributed by atoms with E-state index >= 15 is 0 Å². The Bertz CT molecular complexity index is 454. The van der Waals surface area contributed by atoms with Crippen molar-refractivity contribution in [1.82, 2.24) is 10.2 Å². The van der Waals surface area contributed by atoms with E-state index in [4.69, 9.17) is 0 Å². The van der Waals surface area contributed by atoms with Crippen LogP contribution in [0.25, 0.3) is 0 Å². The van der Waals surface area contributed by atoms with Gasteiger partial charge in [0, 0.05) is 21.9 Å². The number of carbonyl (C=O) groups is 2. The number of carbonyl (C=O) groups excluding carboxylic acids is 2. The first-order chi connectivity index (χ1) is 8.93. The van der Waals surface area contributed by atoms with Gasteiger partial charge in [-0.05, 0) is 33.4 Å². The van der Waals surface area contributed by atoms with Crippen LogP contribution in [0.1, 0.15) is 33.5 Å². The van der Waals surface area contributed by atoms with Crippen molar-refractivity contribution < 1.29 is 9.59 Å². The van der Waals surface area contributed by atoms with Gasteiger partial charge in [-0.2, -0.15) is 0 Å². The topological polar surface area (TPSA) is 49.4 Å². The Labute approximate surface area is 118 Å². The lowest BCUT2D eigenvalue weighted by molar-refractivity contribution is -0.121. The maximum atomic E-state index is 12.1. The van der Waals surface area contributed by atoms with Gasteiger partial charge < -0.3 is 5.32 Å². The van der Waals surface area contributed by atoms with Gasteiger partial charge in [-0.3, -0.25) is 14.5 Å². The predicted octanol–water partition coefficient (Wildman–Crippen LogP) is 2.01. The van der Waals surface area contributed by atoms with Gasteiger partial charge in [-0.1, -0.05) is 6.92 Å². The molecule has 1 aromatic heterocycles. The number of aryl methyl sites for hydroxylation is 2. The first kappa shape index (κ1) is 15.9. The second-order valence-electron chi connectivity index (χ2n) is 4.77. The monoisotopic (exact) mass is 282 g/mol. The molecule has 0 saturated carbocycles. The lowest BCUT2D eigenvalue weighted by Crippen LogP contribution is -2.37. The number of rotatable bonds is 7. The fourth-order valence-corrected chi connectivity index (χ4v) is 2.80. The lowest BCUT2D eigenvalue weighted by atomic mass is 10.1. The summed E-state index contributed by atoms with van der Waals surface area (Å²) in [5.74, 6) is 0.0445. The highest BCUT2D eigenvalue weighted by Crippen LogP contribution is 2.21. The normalized spacial score (nSPS) is 10.8. The third kappa shape index (κ3) is 5.12. The second-order valence-corrected chi connectivity index (χ2v) is 6.23. The van der Waals surface area contributed by atoms with Gasteiger partial charge in [0.25, 0.3) is 0 Å². The number of thiophene rings is 1. The van der Waals surface area contributed by atoms with Crippen LogP contribution in [0.5, 0.6) is 0 Å². The van der Waals surface area contributed by atoms with E-state index in [0.29, 0.717) is 6.54 Å². The van der Waals surface area contributed by atoms with Crippen LogP contribution in [0.15, 0.2) is 6.07 Å². The van der Waals surface area contributed by atoms with E-state index in [2.05, 4.69) is 5.32 Å². The number of likely N-dealkylation sites (N-methyl/N-ethyl adjacent to an activating group) is 1. The van der Waals surface area contributed by atoms with Crippen molar-refractivity contribution >= 4 is 23.0 Å². The Hall–Kier alpha value is -1.20. The maximum absolute atomic E-state index is 12.1. The van der Waals surface area contributed by atoms with Crippen LogP contribution >= 0.6 is 11.3 Å². The summed E-state index contributed by atoms with van der Waals surface area (Å²) < 4.78 is 0. The number of hydrogen-bond donors (Lipinski definition) is 1. The molecular formula is C14H22N2O2S. The smallest absolute Gasteiger partial charge is 0.234 e. The molecule has 0 unspecified atom stereocenters. The number of hydrogen-bond acceptors (Lipinski definition) is 4. The molecule has 19 heavy (non-hydrogen) atoms. The highest BCUT2D eigenvalue weighted by Gasteiger charge is 2.15. The Kier molecular flexibility index (Phi) is 6.18. The minimum atomic E-state index is -0.0321. The first-order valence-corrected chi connectivity index (χ1v) is 7.31. The van der Waals surface area contributed by atoms with E-state index in [9.17, 15) is 9.59 Å². The molecule has 0 radical (unpaired) electrons. The van der Waals surface area contributed by atoms with Gasteiger partial charge in [-0.25, -0.2) is 0 Å². The van der Waals surface area contributed by atoms with Crippen molar-refractivity contribution in [3.8, 4) is 0 Å². The van der Waals surface area contributed by atoms with E-state index in [1.165, 1.54) is 0 Å². The lowest BCUT2D eigenvalue weighted by Gasteiger charge is -2.15. The van der Waals surface area contributed by atoms with Crippen LogP contribution in [-0.4, -0.2) is 43.3 Å². The summed E-state index contributed by atoms with van der Waals surface area (Å²) >= 11 is 1.63. The number of ketones is 1. The predicted molar refractivity (Wildman–Crippen MR) is 78.9 cm³/mol. The van der Waals surface area contributed by atoms with Crippen LogP contribution in [-0.2, 0) is 4.79 Å². The standard InChI is InChI=1S/C14H22N2O2S/c1-5-6-15-14(18)9-16(4)8-13(17)12-7-10(2)19-11(12)3/h7H,5-6,8-9H2,1-4H3,(H,15,18). The zero-order valence-corrected chi connectivity index (χ0v) is 12.9. The quantitative estimate of drug-likeness (QED) is 0.778. The van der Waals surface area contributed by atoms with Crippen molar-refractivity contribution in [3.63, 3.8) is 0 Å². The van der Waals surface area contributed by atoms with Crippen molar-refractivity contribution in [1.29, 1.82) is 0 Å². The number of amides is 1. The highest BCUT2D eigenvalue weighted by molar-refractivity contribution is 7.12. The Morgan fingerprint density at radius 1 is 1.32 bits per heavy atom. The summed E-state index contributed by atoms with van der Waals surface area (Å²) in [6, 6.07) is 1.92.